The summed E-state index contributed by atoms with van der Waals surface area (Å²) in [5.74, 6) is 5.34. The van der Waals surface area contributed by atoms with Gasteiger partial charge in [-0.25, -0.2) is 24.9 Å². The van der Waals surface area contributed by atoms with Crippen LogP contribution < -0.4 is 53.2 Å². The van der Waals surface area contributed by atoms with Crippen molar-refractivity contribution in [1.82, 2.24) is 73.0 Å². The van der Waals surface area contributed by atoms with Crippen molar-refractivity contribution >= 4 is 232 Å². The smallest absolute Gasteiger partial charge is 0.171 e. The first kappa shape index (κ1) is 107. The number of anilines is 5. The standard InChI is InChI=1S/C22H25Cl2N5OS.C22H25Cl2N5S.C21H23Cl2N5OS.C20H23Cl2N5S.C19H21Cl2N5S/c1-13-10-17(28-8-6-22(7-9-28)11-30-14(2)20(22)25)29-21(26-12-27-29)19(13)31-16-5-3-4-15(23)18(16)24;1-14-12-18(28-10-8-22(9-11-28)7-3-6-17(22)25)29-21(26-13-27-29)20(14)30-16-5-2-4-15(23)19(16)24;1-13-9-17(27-7-5-21(6-8-27)11-29-10-16(21)24)28-20(25-12-26-28)19(13)30-15-4-2-3-14(22)18(15)23;1-13-10-16(26-8-6-20(2,11-23)7-9-26)27-19(24-12-25-27)18(13)28-15-5-3-4-14(21)17(15)22;1-12-10-15(25-8-6-19(2,22)7-9-25)26-18(23-11-24-26)17(12)27-14-5-3-4-13(20)16(14)21/h3-5,10,12,14,20H,6-9,11,25H2,1-2H3;2,4-5,12-13,17H,3,6-11,25H2,1H3;2-4,9,12,16H,5-8,10-11,24H2,1H3;3-5,10,12H,6-9,11,23H2,1-2H3;3-5,10-11H,6-9,22H2,1-2H3. The molecule has 10 N–H and O–H groups in total. The van der Waals surface area contributed by atoms with Crippen molar-refractivity contribution in [2.75, 3.05) is 116 Å². The van der Waals surface area contributed by atoms with Gasteiger partial charge in [-0.3, -0.25) is 0 Å². The molecule has 7 saturated heterocycles. The van der Waals surface area contributed by atoms with E-state index in [0.29, 0.717) is 68.3 Å². The monoisotopic (exact) mass is 2260 g/mol. The number of ether oxygens (including phenoxy) is 2. The van der Waals surface area contributed by atoms with E-state index >= 15 is 0 Å². The molecule has 23 rings (SSSR count). The van der Waals surface area contributed by atoms with E-state index in [1.165, 1.54) is 19.3 Å². The summed E-state index contributed by atoms with van der Waals surface area (Å²) in [6.07, 6.45) is 22.3. The van der Waals surface area contributed by atoms with E-state index in [9.17, 15) is 0 Å². The predicted molar refractivity (Wildman–Crippen MR) is 600 cm³/mol. The first-order valence-electron chi connectivity index (χ1n) is 49.1. The van der Waals surface area contributed by atoms with Crippen LogP contribution >= 0.6 is 175 Å². The van der Waals surface area contributed by atoms with Crippen LogP contribution in [0.1, 0.15) is 132 Å². The van der Waals surface area contributed by atoms with E-state index < -0.39 is 0 Å². The Morgan fingerprint density at radius 3 is 0.863 bits per heavy atom. The molecule has 1 saturated carbocycles. The number of aryl methyl sites for hydroxylation is 5. The van der Waals surface area contributed by atoms with Crippen LogP contribution in [0.5, 0.6) is 0 Å². The number of piperidine rings is 5. The second kappa shape index (κ2) is 45.1. The zero-order valence-electron chi connectivity index (χ0n) is 82.3. The molecule has 3 spiro atoms. The summed E-state index contributed by atoms with van der Waals surface area (Å²) in [5, 5.41) is 28.1. The largest absolute Gasteiger partial charge is 0.379 e. The molecule has 4 unspecified atom stereocenters. The van der Waals surface area contributed by atoms with E-state index in [0.717, 1.165) is 284 Å². The maximum absolute atomic E-state index is 6.49. The van der Waals surface area contributed by atoms with Gasteiger partial charge in [0.2, 0.25) is 0 Å². The lowest BCUT2D eigenvalue weighted by molar-refractivity contribution is 0.0974. The third-order valence-electron chi connectivity index (χ3n) is 30.6. The molecule has 1 aliphatic carbocycles. The molecule has 146 heavy (non-hydrogen) atoms. The quantitative estimate of drug-likeness (QED) is 0.0600. The lowest BCUT2D eigenvalue weighted by Gasteiger charge is -2.43. The summed E-state index contributed by atoms with van der Waals surface area (Å²) in [4.78, 5) is 44.4. The van der Waals surface area contributed by atoms with Crippen LogP contribution in [0.25, 0.3) is 28.2 Å². The van der Waals surface area contributed by atoms with Crippen LogP contribution in [0.4, 0.5) is 29.1 Å². The number of hydrogen-bond donors (Lipinski definition) is 5. The number of benzene rings is 5. The second-order valence-electron chi connectivity index (χ2n) is 40.2. The molecule has 770 valence electrons. The number of nitrogens with zero attached hydrogens (tertiary/aromatic N) is 20. The number of fused-ring (bicyclic) bond motifs is 5. The molecule has 17 heterocycles. The van der Waals surface area contributed by atoms with Crippen LogP contribution in [-0.4, -0.2) is 195 Å². The summed E-state index contributed by atoms with van der Waals surface area (Å²) in [6.45, 7) is 29.4. The normalized spacial score (nSPS) is 19.9. The Morgan fingerprint density at radius 2 is 0.616 bits per heavy atom. The Bertz CT molecular complexity index is 7120. The second-order valence-corrected chi connectivity index (χ2v) is 49.4. The number of pyridine rings is 5. The molecule has 0 bridgehead atoms. The van der Waals surface area contributed by atoms with Gasteiger partial charge in [-0.2, -0.15) is 48.1 Å². The molecule has 8 aliphatic rings. The van der Waals surface area contributed by atoms with Gasteiger partial charge < -0.3 is 62.6 Å². The van der Waals surface area contributed by atoms with Crippen molar-refractivity contribution in [3.05, 3.63) is 231 Å². The average molecular weight is 2260 g/mol. The number of aromatic nitrogens is 15. The van der Waals surface area contributed by atoms with Gasteiger partial charge in [0.05, 0.1) is 101 Å². The number of halogens is 10. The summed E-state index contributed by atoms with van der Waals surface area (Å²) in [6, 6.07) is 39.9. The Labute approximate surface area is 921 Å². The highest BCUT2D eigenvalue weighted by Crippen LogP contribution is 2.53. The molecular formula is C104H117Cl10N25O2S5. The number of nitrogens with two attached hydrogens (primary N) is 5. The molecule has 42 heteroatoms. The van der Waals surface area contributed by atoms with E-state index in [4.69, 9.17) is 154 Å². The highest BCUT2D eigenvalue weighted by molar-refractivity contribution is 8.00. The number of rotatable bonds is 16. The fourth-order valence-electron chi connectivity index (χ4n) is 21.1. The highest BCUT2D eigenvalue weighted by atomic mass is 35.5. The Balaban J connectivity index is 0.000000115. The highest BCUT2D eigenvalue weighted by Gasteiger charge is 2.49. The molecule has 4 atom stereocenters. The summed E-state index contributed by atoms with van der Waals surface area (Å²) >= 11 is 70.9. The molecule has 8 fully saturated rings. The third-order valence-corrected chi connectivity index (χ3v) is 41.6. The van der Waals surface area contributed by atoms with E-state index in [1.807, 2.05) is 83.2 Å². The third kappa shape index (κ3) is 22.0. The molecule has 10 aromatic heterocycles. The van der Waals surface area contributed by atoms with Gasteiger partial charge in [0.15, 0.2) is 28.2 Å². The van der Waals surface area contributed by atoms with Crippen LogP contribution in [0.15, 0.2) is 202 Å². The van der Waals surface area contributed by atoms with Crippen molar-refractivity contribution < 1.29 is 9.47 Å². The molecule has 5 aromatic carbocycles. The first-order valence-corrected chi connectivity index (χ1v) is 57.0. The molecule has 27 nitrogen and oxygen atoms in total. The van der Waals surface area contributed by atoms with Crippen LogP contribution in [0, 0.1) is 56.3 Å². The molecule has 0 amide bonds. The fraction of sp³-hybridized carbons (Fsp3) is 0.423. The summed E-state index contributed by atoms with van der Waals surface area (Å²) in [5.41, 5.74) is 42.1. The predicted octanol–water partition coefficient (Wildman–Crippen LogP) is 24.7. The van der Waals surface area contributed by atoms with Crippen molar-refractivity contribution in [3.8, 4) is 0 Å². The minimum absolute atomic E-state index is 0.0889. The van der Waals surface area contributed by atoms with Gasteiger partial charge in [-0.1, -0.05) is 218 Å². The lowest BCUT2D eigenvalue weighted by atomic mass is 9.73. The average Bonchev–Trinajstić information content (AvgIpc) is 1.57. The van der Waals surface area contributed by atoms with E-state index in [-0.39, 0.29) is 40.0 Å². The summed E-state index contributed by atoms with van der Waals surface area (Å²) < 4.78 is 21.2. The number of hydrogen-bond acceptors (Lipinski definition) is 27. The van der Waals surface area contributed by atoms with Crippen molar-refractivity contribution in [2.45, 2.75) is 218 Å². The van der Waals surface area contributed by atoms with E-state index in [2.05, 4.69) is 161 Å². The minimum Gasteiger partial charge on any atom is -0.379 e. The van der Waals surface area contributed by atoms with Crippen LogP contribution in [0.3, 0.4) is 0 Å². The van der Waals surface area contributed by atoms with Crippen molar-refractivity contribution in [1.29, 1.82) is 0 Å². The Morgan fingerprint density at radius 1 is 0.349 bits per heavy atom. The fourth-order valence-corrected chi connectivity index (χ4v) is 28.6. The zero-order chi connectivity index (χ0) is 103. The SMILES string of the molecule is Cc1cc(N2CCC(C)(CN)CC2)n2ncnc2c1Sc1cccc(Cl)c1Cl.Cc1cc(N2CCC(C)(N)CC2)n2ncnc2c1Sc1cccc(Cl)c1Cl.Cc1cc(N2CCC3(CC2)COC(C)C3N)n2ncnc2c1Sc1cccc(Cl)c1Cl.Cc1cc(N2CCC3(CC2)COCC3N)n2ncnc2c1Sc1cccc(Cl)c1Cl.Cc1cc(N2CCC3(CCCC3N)CC2)n2ncnc2c1Sc1cccc(Cl)c1Cl. The molecular weight excluding hydrogens is 2150 g/mol. The van der Waals surface area contributed by atoms with Gasteiger partial charge in [0, 0.05) is 124 Å². The maximum atomic E-state index is 6.49. The van der Waals surface area contributed by atoms with Crippen LogP contribution in [0.2, 0.25) is 50.2 Å². The lowest BCUT2D eigenvalue weighted by Crippen LogP contribution is -2.51. The van der Waals surface area contributed by atoms with Gasteiger partial charge in [-0.05, 0) is 262 Å². The first-order chi connectivity index (χ1) is 70.1. The Hall–Kier alpha value is -7.43. The topological polar surface area (TPSA) is 316 Å². The minimum atomic E-state index is -0.0911. The van der Waals surface area contributed by atoms with Gasteiger partial charge in [-0.15, -0.1) is 0 Å². The van der Waals surface area contributed by atoms with Gasteiger partial charge in [0.25, 0.3) is 0 Å². The van der Waals surface area contributed by atoms with Crippen molar-refractivity contribution in [3.63, 3.8) is 0 Å². The zero-order valence-corrected chi connectivity index (χ0v) is 93.9. The van der Waals surface area contributed by atoms with Crippen molar-refractivity contribution in [2.24, 2.45) is 50.3 Å². The van der Waals surface area contributed by atoms with E-state index in [1.54, 1.807) is 121 Å². The maximum Gasteiger partial charge on any atom is 0.171 e. The van der Waals surface area contributed by atoms with Gasteiger partial charge in [0.1, 0.15) is 60.7 Å². The molecule has 0 radical (unpaired) electrons. The Kier molecular flexibility index (Phi) is 33.0. The van der Waals surface area contributed by atoms with Crippen LogP contribution in [-0.2, 0) is 9.47 Å². The molecule has 7 aliphatic heterocycles. The van der Waals surface area contributed by atoms with Gasteiger partial charge >= 0.3 is 0 Å². The summed E-state index contributed by atoms with van der Waals surface area (Å²) in [7, 11) is 0. The molecule has 15 aromatic rings.